The van der Waals surface area contributed by atoms with Crippen molar-refractivity contribution in [2.24, 2.45) is 5.92 Å². The molecule has 1 amide bonds. The third-order valence-corrected chi connectivity index (χ3v) is 4.52. The van der Waals surface area contributed by atoms with Crippen LogP contribution in [0.4, 0.5) is 11.4 Å². The second-order valence-corrected chi connectivity index (χ2v) is 6.71. The summed E-state index contributed by atoms with van der Waals surface area (Å²) in [5.74, 6) is 0.359. The van der Waals surface area contributed by atoms with Crippen LogP contribution < -0.4 is 10.2 Å². The van der Waals surface area contributed by atoms with Crippen LogP contribution in [0.15, 0.2) is 18.2 Å². The van der Waals surface area contributed by atoms with Gasteiger partial charge in [-0.15, -0.1) is 0 Å². The Balaban J connectivity index is 2.03. The van der Waals surface area contributed by atoms with E-state index in [4.69, 9.17) is 0 Å². The molecule has 130 valence electrons. The van der Waals surface area contributed by atoms with Gasteiger partial charge in [0.15, 0.2) is 0 Å². The fraction of sp³-hybridized carbons (Fsp3) is 0.579. The summed E-state index contributed by atoms with van der Waals surface area (Å²) >= 11 is 0. The Hall–Kier alpha value is -2.06. The third kappa shape index (κ3) is 4.97. The quantitative estimate of drug-likeness (QED) is 0.839. The van der Waals surface area contributed by atoms with Crippen molar-refractivity contribution in [3.63, 3.8) is 0 Å². The summed E-state index contributed by atoms with van der Waals surface area (Å²) in [6.07, 6.45) is 3.82. The number of nitriles is 1. The number of aliphatic hydroxyl groups is 1. The zero-order valence-electron chi connectivity index (χ0n) is 14.6. The lowest BCUT2D eigenvalue weighted by molar-refractivity contribution is -0.117. The van der Waals surface area contributed by atoms with Gasteiger partial charge in [-0.3, -0.25) is 4.79 Å². The largest absolute Gasteiger partial charge is 0.393 e. The number of piperidine rings is 1. The lowest BCUT2D eigenvalue weighted by atomic mass is 10.0. The van der Waals surface area contributed by atoms with Gasteiger partial charge in [-0.25, -0.2) is 0 Å². The van der Waals surface area contributed by atoms with Crippen molar-refractivity contribution in [3.05, 3.63) is 23.8 Å². The number of carbonyl (C=O) groups is 1. The van der Waals surface area contributed by atoms with Crippen molar-refractivity contribution in [1.82, 2.24) is 0 Å². The van der Waals surface area contributed by atoms with Crippen LogP contribution in [0.25, 0.3) is 0 Å². The fourth-order valence-electron chi connectivity index (χ4n) is 3.21. The Labute approximate surface area is 144 Å². The number of anilines is 2. The first kappa shape index (κ1) is 18.3. The lowest BCUT2D eigenvalue weighted by Crippen LogP contribution is -2.36. The maximum Gasteiger partial charge on any atom is 0.224 e. The van der Waals surface area contributed by atoms with E-state index in [0.29, 0.717) is 23.6 Å². The zero-order valence-corrected chi connectivity index (χ0v) is 14.6. The molecule has 0 saturated carbocycles. The van der Waals surface area contributed by atoms with Crippen molar-refractivity contribution in [3.8, 4) is 6.07 Å². The molecular weight excluding hydrogens is 302 g/mol. The van der Waals surface area contributed by atoms with Gasteiger partial charge in [-0.2, -0.15) is 5.26 Å². The number of rotatable bonds is 6. The SMILES string of the molecule is CCCC(C)CC(=O)Nc1ccc(N2CCC(O)CC2)c(C#N)c1. The Kier molecular flexibility index (Phi) is 6.62. The van der Waals surface area contributed by atoms with Gasteiger partial charge >= 0.3 is 0 Å². The third-order valence-electron chi connectivity index (χ3n) is 4.52. The van der Waals surface area contributed by atoms with E-state index >= 15 is 0 Å². The van der Waals surface area contributed by atoms with Crippen molar-refractivity contribution < 1.29 is 9.90 Å². The molecule has 1 aromatic rings. The number of hydrogen-bond donors (Lipinski definition) is 2. The molecule has 1 unspecified atom stereocenters. The predicted molar refractivity (Wildman–Crippen MR) is 95.9 cm³/mol. The average molecular weight is 329 g/mol. The van der Waals surface area contributed by atoms with E-state index in [9.17, 15) is 15.2 Å². The molecule has 2 rings (SSSR count). The molecule has 1 heterocycles. The van der Waals surface area contributed by atoms with Gasteiger partial charge in [0, 0.05) is 25.2 Å². The first-order valence-corrected chi connectivity index (χ1v) is 8.80. The number of hydrogen-bond acceptors (Lipinski definition) is 4. The zero-order chi connectivity index (χ0) is 17.5. The highest BCUT2D eigenvalue weighted by molar-refractivity contribution is 5.91. The minimum absolute atomic E-state index is 0.00585. The van der Waals surface area contributed by atoms with Crippen molar-refractivity contribution in [1.29, 1.82) is 5.26 Å². The van der Waals surface area contributed by atoms with E-state index in [1.54, 1.807) is 6.07 Å². The molecule has 1 aromatic carbocycles. The molecule has 1 aliphatic heterocycles. The molecule has 1 aliphatic rings. The number of amides is 1. The molecular formula is C19H27N3O2. The van der Waals surface area contributed by atoms with Crippen LogP contribution in [0, 0.1) is 17.2 Å². The molecule has 0 aliphatic carbocycles. The van der Waals surface area contributed by atoms with Crippen LogP contribution in [-0.2, 0) is 4.79 Å². The standard InChI is InChI=1S/C19H27N3O2/c1-3-4-14(2)11-19(24)21-16-5-6-18(15(12-16)13-20)22-9-7-17(23)8-10-22/h5-6,12,14,17,23H,3-4,7-11H2,1-2H3,(H,21,24). The van der Waals surface area contributed by atoms with E-state index in [2.05, 4.69) is 30.1 Å². The van der Waals surface area contributed by atoms with Gasteiger partial charge < -0.3 is 15.3 Å². The lowest BCUT2D eigenvalue weighted by Gasteiger charge is -2.32. The van der Waals surface area contributed by atoms with E-state index in [0.717, 1.165) is 44.5 Å². The number of nitrogens with one attached hydrogen (secondary N) is 1. The van der Waals surface area contributed by atoms with Crippen LogP contribution in [-0.4, -0.2) is 30.2 Å². The van der Waals surface area contributed by atoms with E-state index in [-0.39, 0.29) is 12.0 Å². The van der Waals surface area contributed by atoms with E-state index < -0.39 is 0 Å². The number of benzene rings is 1. The van der Waals surface area contributed by atoms with Crippen molar-refractivity contribution in [2.45, 2.75) is 52.1 Å². The van der Waals surface area contributed by atoms with Crippen LogP contribution >= 0.6 is 0 Å². The van der Waals surface area contributed by atoms with Crippen LogP contribution in [0.5, 0.6) is 0 Å². The topological polar surface area (TPSA) is 76.4 Å². The monoisotopic (exact) mass is 329 g/mol. The first-order valence-electron chi connectivity index (χ1n) is 8.80. The summed E-state index contributed by atoms with van der Waals surface area (Å²) < 4.78 is 0. The van der Waals surface area contributed by atoms with Gasteiger partial charge in [0.1, 0.15) is 6.07 Å². The smallest absolute Gasteiger partial charge is 0.224 e. The first-order chi connectivity index (χ1) is 11.5. The van der Waals surface area contributed by atoms with Gasteiger partial charge in [0.05, 0.1) is 17.4 Å². The molecule has 0 aromatic heterocycles. The molecule has 0 spiro atoms. The Morgan fingerprint density at radius 1 is 1.46 bits per heavy atom. The number of aliphatic hydroxyl groups excluding tert-OH is 1. The average Bonchev–Trinajstić information content (AvgIpc) is 2.55. The number of carbonyl (C=O) groups excluding carboxylic acids is 1. The molecule has 1 atom stereocenters. The summed E-state index contributed by atoms with van der Waals surface area (Å²) in [5.41, 5.74) is 2.11. The molecule has 5 nitrogen and oxygen atoms in total. The molecule has 2 N–H and O–H groups in total. The summed E-state index contributed by atoms with van der Waals surface area (Å²) in [4.78, 5) is 14.2. The molecule has 0 radical (unpaired) electrons. The minimum Gasteiger partial charge on any atom is -0.393 e. The fourth-order valence-corrected chi connectivity index (χ4v) is 3.21. The maximum atomic E-state index is 12.1. The number of nitrogens with zero attached hydrogens (tertiary/aromatic N) is 2. The second-order valence-electron chi connectivity index (χ2n) is 6.71. The van der Waals surface area contributed by atoms with Gasteiger partial charge in [-0.05, 0) is 37.0 Å². The van der Waals surface area contributed by atoms with E-state index in [1.807, 2.05) is 12.1 Å². The second kappa shape index (κ2) is 8.70. The van der Waals surface area contributed by atoms with Gasteiger partial charge in [-0.1, -0.05) is 26.7 Å². The van der Waals surface area contributed by atoms with E-state index in [1.165, 1.54) is 0 Å². The van der Waals surface area contributed by atoms with Gasteiger partial charge in [0.2, 0.25) is 5.91 Å². The van der Waals surface area contributed by atoms with Gasteiger partial charge in [0.25, 0.3) is 0 Å². The molecule has 1 saturated heterocycles. The summed E-state index contributed by atoms with van der Waals surface area (Å²) in [6.45, 7) is 5.69. The summed E-state index contributed by atoms with van der Waals surface area (Å²) in [5, 5.41) is 21.9. The van der Waals surface area contributed by atoms with Crippen molar-refractivity contribution in [2.75, 3.05) is 23.3 Å². The molecule has 1 fully saturated rings. The highest BCUT2D eigenvalue weighted by Gasteiger charge is 2.20. The van der Waals surface area contributed by atoms with Crippen LogP contribution in [0.1, 0.15) is 51.5 Å². The minimum atomic E-state index is -0.240. The Morgan fingerprint density at radius 3 is 2.79 bits per heavy atom. The summed E-state index contributed by atoms with van der Waals surface area (Å²) in [6, 6.07) is 7.70. The Morgan fingerprint density at radius 2 is 2.17 bits per heavy atom. The van der Waals surface area contributed by atoms with Crippen molar-refractivity contribution >= 4 is 17.3 Å². The normalized spacial score (nSPS) is 16.5. The highest BCUT2D eigenvalue weighted by Crippen LogP contribution is 2.27. The highest BCUT2D eigenvalue weighted by atomic mass is 16.3. The molecule has 0 bridgehead atoms. The summed E-state index contributed by atoms with van der Waals surface area (Å²) in [7, 11) is 0. The van der Waals surface area contributed by atoms with Crippen LogP contribution in [0.2, 0.25) is 0 Å². The molecule has 24 heavy (non-hydrogen) atoms. The predicted octanol–water partition coefficient (Wildman–Crippen LogP) is 3.28. The van der Waals surface area contributed by atoms with Crippen LogP contribution in [0.3, 0.4) is 0 Å². The maximum absolute atomic E-state index is 12.1. The molecule has 5 heteroatoms. The Bertz CT molecular complexity index is 601.